The Morgan fingerprint density at radius 3 is 2.59 bits per heavy atom. The zero-order chi connectivity index (χ0) is 19.2. The Kier molecular flexibility index (Phi) is 6.66. The molecule has 27 heavy (non-hydrogen) atoms. The minimum atomic E-state index is -0.632. The Balaban J connectivity index is 1.77. The molecule has 0 radical (unpaired) electrons. The quantitative estimate of drug-likeness (QED) is 0.819. The van der Waals surface area contributed by atoms with Crippen molar-refractivity contribution in [3.63, 3.8) is 0 Å². The van der Waals surface area contributed by atoms with Crippen molar-refractivity contribution in [1.82, 2.24) is 10.2 Å². The average molecular weight is 393 g/mol. The van der Waals surface area contributed by atoms with Crippen LogP contribution in [-0.2, 0) is 4.74 Å². The maximum Gasteiger partial charge on any atom is 0.255 e. The molecule has 5 nitrogen and oxygen atoms in total. The molecule has 1 N–H and O–H groups in total. The van der Waals surface area contributed by atoms with E-state index in [1.807, 2.05) is 24.3 Å². The Hall–Kier alpha value is -2.15. The number of amides is 1. The van der Waals surface area contributed by atoms with Gasteiger partial charge in [-0.1, -0.05) is 29.8 Å². The minimum Gasteiger partial charge on any atom is -0.497 e. The van der Waals surface area contributed by atoms with Gasteiger partial charge in [0.15, 0.2) is 0 Å². The van der Waals surface area contributed by atoms with E-state index in [0.717, 1.165) is 24.4 Å². The minimum absolute atomic E-state index is 0.0608. The molecule has 1 aliphatic rings. The first-order chi connectivity index (χ1) is 13.1. The van der Waals surface area contributed by atoms with Gasteiger partial charge in [-0.15, -0.1) is 0 Å². The number of hydrogen-bond acceptors (Lipinski definition) is 4. The van der Waals surface area contributed by atoms with E-state index in [-0.39, 0.29) is 16.6 Å². The number of nitrogens with one attached hydrogen (secondary N) is 1. The third-order valence-electron chi connectivity index (χ3n) is 4.63. The fourth-order valence-corrected chi connectivity index (χ4v) is 3.41. The second-order valence-electron chi connectivity index (χ2n) is 6.24. The molecule has 2 aromatic rings. The number of carbonyl (C=O) groups is 1. The van der Waals surface area contributed by atoms with E-state index in [0.29, 0.717) is 19.8 Å². The monoisotopic (exact) mass is 392 g/mol. The number of halogens is 2. The largest absolute Gasteiger partial charge is 0.497 e. The highest BCUT2D eigenvalue weighted by atomic mass is 35.5. The first-order valence-corrected chi connectivity index (χ1v) is 9.16. The normalized spacial score (nSPS) is 16.0. The lowest BCUT2D eigenvalue weighted by molar-refractivity contribution is 0.0162. The topological polar surface area (TPSA) is 50.8 Å². The Labute approximate surface area is 163 Å². The summed E-state index contributed by atoms with van der Waals surface area (Å²) in [6.45, 7) is 3.12. The van der Waals surface area contributed by atoms with Gasteiger partial charge in [0.1, 0.15) is 11.6 Å². The lowest BCUT2D eigenvalue weighted by Gasteiger charge is -2.35. The van der Waals surface area contributed by atoms with Crippen molar-refractivity contribution in [1.29, 1.82) is 0 Å². The second kappa shape index (κ2) is 9.17. The predicted octanol–water partition coefficient (Wildman–Crippen LogP) is 3.29. The van der Waals surface area contributed by atoms with Gasteiger partial charge >= 0.3 is 0 Å². The molecule has 0 saturated carbocycles. The molecule has 3 rings (SSSR count). The van der Waals surface area contributed by atoms with Crippen LogP contribution in [0.15, 0.2) is 42.5 Å². The van der Waals surface area contributed by atoms with Crippen LogP contribution < -0.4 is 10.1 Å². The number of carbonyl (C=O) groups excluding carboxylic acids is 1. The van der Waals surface area contributed by atoms with Crippen molar-refractivity contribution < 1.29 is 18.7 Å². The molecule has 0 bridgehead atoms. The molecule has 144 valence electrons. The van der Waals surface area contributed by atoms with Gasteiger partial charge in [0.25, 0.3) is 5.91 Å². The molecule has 7 heteroatoms. The SMILES string of the molecule is COc1ccc([C@@H](CNC(=O)c2c(F)cccc2Cl)N2CCOCC2)cc1. The van der Waals surface area contributed by atoms with Crippen molar-refractivity contribution in [3.8, 4) is 5.75 Å². The molecule has 1 saturated heterocycles. The number of benzene rings is 2. The molecule has 1 aliphatic heterocycles. The van der Waals surface area contributed by atoms with Crippen LogP contribution in [0.4, 0.5) is 4.39 Å². The summed E-state index contributed by atoms with van der Waals surface area (Å²) in [6, 6.07) is 11.9. The molecule has 2 aromatic carbocycles. The van der Waals surface area contributed by atoms with E-state index in [2.05, 4.69) is 10.2 Å². The van der Waals surface area contributed by atoms with Crippen molar-refractivity contribution in [3.05, 3.63) is 64.4 Å². The van der Waals surface area contributed by atoms with Crippen LogP contribution in [0.2, 0.25) is 5.02 Å². The summed E-state index contributed by atoms with van der Waals surface area (Å²) in [7, 11) is 1.62. The number of rotatable bonds is 6. The number of morpholine rings is 1. The van der Waals surface area contributed by atoms with Crippen LogP contribution in [0.5, 0.6) is 5.75 Å². The summed E-state index contributed by atoms with van der Waals surface area (Å²) >= 11 is 6.00. The van der Waals surface area contributed by atoms with Crippen LogP contribution in [0.25, 0.3) is 0 Å². The van der Waals surface area contributed by atoms with Crippen molar-refractivity contribution in [2.24, 2.45) is 0 Å². The predicted molar refractivity (Wildman–Crippen MR) is 102 cm³/mol. The van der Waals surface area contributed by atoms with E-state index in [9.17, 15) is 9.18 Å². The van der Waals surface area contributed by atoms with Gasteiger partial charge in [-0.05, 0) is 29.8 Å². The van der Waals surface area contributed by atoms with E-state index in [4.69, 9.17) is 21.1 Å². The molecular weight excluding hydrogens is 371 g/mol. The van der Waals surface area contributed by atoms with Crippen molar-refractivity contribution >= 4 is 17.5 Å². The standard InChI is InChI=1S/C20H22ClFN2O3/c1-26-15-7-5-14(6-8-15)18(24-9-11-27-12-10-24)13-23-20(25)19-16(21)3-2-4-17(19)22/h2-8,18H,9-13H2,1H3,(H,23,25)/t18-/m1/s1. The summed E-state index contributed by atoms with van der Waals surface area (Å²) in [4.78, 5) is 14.8. The maximum atomic E-state index is 14.0. The Morgan fingerprint density at radius 1 is 1.26 bits per heavy atom. The fourth-order valence-electron chi connectivity index (χ4n) is 3.17. The third kappa shape index (κ3) is 4.77. The molecule has 0 spiro atoms. The zero-order valence-corrected chi connectivity index (χ0v) is 15.8. The van der Waals surface area contributed by atoms with Gasteiger partial charge in [0, 0.05) is 19.6 Å². The smallest absolute Gasteiger partial charge is 0.255 e. The molecule has 1 atom stereocenters. The Bertz CT molecular complexity index is 759. The van der Waals surface area contributed by atoms with Gasteiger partial charge in [0.2, 0.25) is 0 Å². The van der Waals surface area contributed by atoms with E-state index in [1.54, 1.807) is 7.11 Å². The van der Waals surface area contributed by atoms with Crippen molar-refractivity contribution in [2.75, 3.05) is 40.0 Å². The number of hydrogen-bond donors (Lipinski definition) is 1. The summed E-state index contributed by atoms with van der Waals surface area (Å²) < 4.78 is 24.6. The van der Waals surface area contributed by atoms with E-state index in [1.165, 1.54) is 18.2 Å². The molecule has 0 aromatic heterocycles. The summed E-state index contributed by atoms with van der Waals surface area (Å²) in [5.41, 5.74) is 0.909. The van der Waals surface area contributed by atoms with Gasteiger partial charge in [-0.25, -0.2) is 4.39 Å². The maximum absolute atomic E-state index is 14.0. The Morgan fingerprint density at radius 2 is 1.96 bits per heavy atom. The summed E-state index contributed by atoms with van der Waals surface area (Å²) in [5, 5.41) is 2.93. The number of nitrogens with zero attached hydrogens (tertiary/aromatic N) is 1. The van der Waals surface area contributed by atoms with Crippen LogP contribution in [0, 0.1) is 5.82 Å². The van der Waals surface area contributed by atoms with E-state index < -0.39 is 11.7 Å². The number of methoxy groups -OCH3 is 1. The first kappa shape index (κ1) is 19.6. The van der Waals surface area contributed by atoms with Crippen LogP contribution in [0.3, 0.4) is 0 Å². The molecule has 0 unspecified atom stereocenters. The molecule has 1 fully saturated rings. The van der Waals surface area contributed by atoms with Crippen LogP contribution in [-0.4, -0.2) is 50.8 Å². The van der Waals surface area contributed by atoms with Gasteiger partial charge in [-0.2, -0.15) is 0 Å². The second-order valence-corrected chi connectivity index (χ2v) is 6.65. The highest BCUT2D eigenvalue weighted by Crippen LogP contribution is 2.24. The first-order valence-electron chi connectivity index (χ1n) is 8.78. The molecule has 1 heterocycles. The molecule has 1 amide bonds. The fraction of sp³-hybridized carbons (Fsp3) is 0.350. The van der Waals surface area contributed by atoms with Gasteiger partial charge in [-0.3, -0.25) is 9.69 Å². The highest BCUT2D eigenvalue weighted by molar-refractivity contribution is 6.33. The van der Waals surface area contributed by atoms with Gasteiger partial charge in [0.05, 0.1) is 37.0 Å². The van der Waals surface area contributed by atoms with Crippen LogP contribution >= 0.6 is 11.6 Å². The van der Waals surface area contributed by atoms with E-state index >= 15 is 0 Å². The van der Waals surface area contributed by atoms with Crippen molar-refractivity contribution in [2.45, 2.75) is 6.04 Å². The summed E-state index contributed by atoms with van der Waals surface area (Å²) in [6.07, 6.45) is 0. The zero-order valence-electron chi connectivity index (χ0n) is 15.1. The third-order valence-corrected chi connectivity index (χ3v) is 4.95. The van der Waals surface area contributed by atoms with Crippen LogP contribution in [0.1, 0.15) is 22.0 Å². The lowest BCUT2D eigenvalue weighted by Crippen LogP contribution is -2.44. The lowest BCUT2D eigenvalue weighted by atomic mass is 10.0. The molecular formula is C20H22ClFN2O3. The number of ether oxygens (including phenoxy) is 2. The average Bonchev–Trinajstić information content (AvgIpc) is 2.69. The summed E-state index contributed by atoms with van der Waals surface area (Å²) in [5.74, 6) is -0.390. The van der Waals surface area contributed by atoms with Gasteiger partial charge < -0.3 is 14.8 Å². The highest BCUT2D eigenvalue weighted by Gasteiger charge is 2.24. The molecule has 0 aliphatic carbocycles.